The lowest BCUT2D eigenvalue weighted by molar-refractivity contribution is -0.133. The van der Waals surface area contributed by atoms with E-state index in [1.54, 1.807) is 29.7 Å². The van der Waals surface area contributed by atoms with Crippen LogP contribution in [0.4, 0.5) is 0 Å². The molecule has 180 valence electrons. The number of primary amides is 1. The monoisotopic (exact) mass is 474 g/mol. The lowest BCUT2D eigenvalue weighted by Crippen LogP contribution is -2.47. The summed E-state index contributed by atoms with van der Waals surface area (Å²) in [7, 11) is 1.61. The highest BCUT2D eigenvalue weighted by molar-refractivity contribution is 6.03. The lowest BCUT2D eigenvalue weighted by atomic mass is 9.92. The van der Waals surface area contributed by atoms with Crippen molar-refractivity contribution in [3.8, 4) is 17.5 Å². The van der Waals surface area contributed by atoms with Crippen LogP contribution in [0.1, 0.15) is 40.9 Å². The topological polar surface area (TPSA) is 135 Å². The highest BCUT2D eigenvalue weighted by Crippen LogP contribution is 2.30. The third kappa shape index (κ3) is 5.00. The third-order valence-corrected chi connectivity index (χ3v) is 6.03. The zero-order chi connectivity index (χ0) is 25.1. The number of hydrogen-bond donors (Lipinski definition) is 2. The number of amides is 3. The number of likely N-dealkylation sites (N-methyl/N-ethyl adjacent to an activating group) is 1. The van der Waals surface area contributed by atoms with Gasteiger partial charge in [0.2, 0.25) is 11.8 Å². The van der Waals surface area contributed by atoms with Crippen molar-refractivity contribution in [3.05, 3.63) is 53.3 Å². The normalized spacial score (nSPS) is 13.2. The summed E-state index contributed by atoms with van der Waals surface area (Å²) in [4.78, 5) is 42.8. The Labute approximate surface area is 202 Å². The average molecular weight is 475 g/mol. The van der Waals surface area contributed by atoms with Gasteiger partial charge < -0.3 is 20.6 Å². The lowest BCUT2D eigenvalue weighted by Gasteiger charge is -2.38. The van der Waals surface area contributed by atoms with Gasteiger partial charge in [-0.3, -0.25) is 14.4 Å². The molecule has 0 spiro atoms. The fourth-order valence-corrected chi connectivity index (χ4v) is 3.90. The van der Waals surface area contributed by atoms with E-state index in [2.05, 4.69) is 21.9 Å². The number of aliphatic hydroxyl groups is 1. The van der Waals surface area contributed by atoms with Crippen molar-refractivity contribution in [1.82, 2.24) is 24.6 Å². The van der Waals surface area contributed by atoms with Crippen LogP contribution in [0, 0.1) is 11.8 Å². The highest BCUT2D eigenvalue weighted by atomic mass is 16.3. The maximum absolute atomic E-state index is 12.1. The molecular formula is C25H26N6O4. The first-order valence-electron chi connectivity index (χ1n) is 11.2. The van der Waals surface area contributed by atoms with Gasteiger partial charge in [0.1, 0.15) is 6.61 Å². The zero-order valence-corrected chi connectivity index (χ0v) is 19.6. The number of aliphatic hydroxyl groups excluding tert-OH is 1. The largest absolute Gasteiger partial charge is 0.387 e. The van der Waals surface area contributed by atoms with E-state index in [4.69, 9.17) is 10.8 Å². The van der Waals surface area contributed by atoms with E-state index < -0.39 is 12.5 Å². The minimum absolute atomic E-state index is 0.0366. The van der Waals surface area contributed by atoms with Gasteiger partial charge in [-0.05, 0) is 29.8 Å². The summed E-state index contributed by atoms with van der Waals surface area (Å²) in [5.41, 5.74) is 8.58. The molecule has 35 heavy (non-hydrogen) atoms. The third-order valence-electron chi connectivity index (χ3n) is 6.03. The summed E-state index contributed by atoms with van der Waals surface area (Å²) in [6, 6.07) is 9.23. The van der Waals surface area contributed by atoms with Gasteiger partial charge in [0.25, 0.3) is 5.91 Å². The first-order chi connectivity index (χ1) is 16.8. The molecule has 1 aliphatic heterocycles. The van der Waals surface area contributed by atoms with Gasteiger partial charge in [0.05, 0.1) is 11.1 Å². The van der Waals surface area contributed by atoms with Crippen molar-refractivity contribution in [3.63, 3.8) is 0 Å². The molecule has 0 atom stereocenters. The number of pyridine rings is 1. The van der Waals surface area contributed by atoms with Gasteiger partial charge in [-0.25, -0.2) is 9.67 Å². The van der Waals surface area contributed by atoms with Crippen LogP contribution in [0.2, 0.25) is 0 Å². The fraction of sp³-hybridized carbons (Fsp3) is 0.320. The molecule has 1 fully saturated rings. The molecule has 1 aromatic carbocycles. The van der Waals surface area contributed by atoms with E-state index in [0.717, 1.165) is 11.1 Å². The van der Waals surface area contributed by atoms with E-state index in [1.165, 1.54) is 4.90 Å². The van der Waals surface area contributed by atoms with Gasteiger partial charge in [0.15, 0.2) is 11.3 Å². The van der Waals surface area contributed by atoms with E-state index in [-0.39, 0.29) is 23.4 Å². The summed E-state index contributed by atoms with van der Waals surface area (Å²) in [6.45, 7) is 2.67. The summed E-state index contributed by atoms with van der Waals surface area (Å²) in [5.74, 6) is 5.28. The summed E-state index contributed by atoms with van der Waals surface area (Å²) >= 11 is 0. The van der Waals surface area contributed by atoms with Crippen molar-refractivity contribution < 1.29 is 19.5 Å². The van der Waals surface area contributed by atoms with Crippen LogP contribution >= 0.6 is 0 Å². The van der Waals surface area contributed by atoms with Crippen LogP contribution in [0.25, 0.3) is 16.7 Å². The Balaban J connectivity index is 1.59. The second-order valence-corrected chi connectivity index (χ2v) is 8.46. The molecule has 3 heterocycles. The Bertz CT molecular complexity index is 1360. The Morgan fingerprint density at radius 1 is 1.26 bits per heavy atom. The van der Waals surface area contributed by atoms with E-state index in [0.29, 0.717) is 42.8 Å². The van der Waals surface area contributed by atoms with Gasteiger partial charge in [0, 0.05) is 57.7 Å². The molecule has 1 saturated heterocycles. The Hall–Kier alpha value is -4.23. The maximum Gasteiger partial charge on any atom is 0.269 e. The predicted octanol–water partition coefficient (Wildman–Crippen LogP) is 0.657. The molecular weight excluding hydrogens is 448 g/mol. The van der Waals surface area contributed by atoms with Crippen LogP contribution in [0.15, 0.2) is 36.5 Å². The molecule has 2 aromatic heterocycles. The van der Waals surface area contributed by atoms with Crippen molar-refractivity contribution in [2.45, 2.75) is 19.3 Å². The van der Waals surface area contributed by atoms with Crippen molar-refractivity contribution in [2.24, 2.45) is 5.73 Å². The second kappa shape index (κ2) is 9.95. The molecule has 3 N–H and O–H groups in total. The van der Waals surface area contributed by atoms with Crippen molar-refractivity contribution >= 4 is 28.8 Å². The molecule has 3 aromatic rings. The molecule has 10 nitrogen and oxygen atoms in total. The first-order valence-corrected chi connectivity index (χ1v) is 11.2. The summed E-state index contributed by atoms with van der Waals surface area (Å²) in [6.07, 6.45) is 2.21. The summed E-state index contributed by atoms with van der Waals surface area (Å²) < 4.78 is 1.57. The average Bonchev–Trinajstić information content (AvgIpc) is 3.19. The molecule has 0 saturated carbocycles. The molecule has 0 aliphatic carbocycles. The second-order valence-electron chi connectivity index (χ2n) is 8.46. The standard InChI is InChI=1S/C25H26N6O4/c1-16(33)30-13-19(14-30)18-11-21-23(24(26)35)28-31(25(21)27-12-18)20-8-5-7-17(10-20)6-3-4-9-29(2)22(34)15-32/h5,7-8,10-12,19,32H,4,9,13-15H2,1-2H3,(H2,26,35). The number of aromatic nitrogens is 3. The Kier molecular flexibility index (Phi) is 6.80. The van der Waals surface area contributed by atoms with Crippen LogP contribution in [0.5, 0.6) is 0 Å². The Morgan fingerprint density at radius 2 is 2.03 bits per heavy atom. The molecule has 4 rings (SSSR count). The Morgan fingerprint density at radius 3 is 2.71 bits per heavy atom. The summed E-state index contributed by atoms with van der Waals surface area (Å²) in [5, 5.41) is 13.9. The van der Waals surface area contributed by atoms with E-state index >= 15 is 0 Å². The van der Waals surface area contributed by atoms with Gasteiger partial charge in [-0.1, -0.05) is 17.9 Å². The van der Waals surface area contributed by atoms with E-state index in [9.17, 15) is 14.4 Å². The fourth-order valence-electron chi connectivity index (χ4n) is 3.90. The van der Waals surface area contributed by atoms with Crippen LogP contribution in [0.3, 0.4) is 0 Å². The molecule has 0 bridgehead atoms. The molecule has 0 radical (unpaired) electrons. The van der Waals surface area contributed by atoms with Crippen LogP contribution in [-0.2, 0) is 9.59 Å². The predicted molar refractivity (Wildman–Crippen MR) is 129 cm³/mol. The number of nitrogens with zero attached hydrogens (tertiary/aromatic N) is 5. The number of fused-ring (bicyclic) bond motifs is 1. The van der Waals surface area contributed by atoms with Crippen LogP contribution in [-0.4, -0.2) is 80.7 Å². The van der Waals surface area contributed by atoms with Gasteiger partial charge in [-0.15, -0.1) is 0 Å². The maximum atomic E-state index is 12.1. The number of hydrogen-bond acceptors (Lipinski definition) is 6. The number of benzene rings is 1. The number of likely N-dealkylation sites (tertiary alicyclic amines) is 1. The number of carbonyl (C=O) groups excluding carboxylic acids is 3. The van der Waals surface area contributed by atoms with E-state index in [1.807, 2.05) is 30.3 Å². The molecule has 1 aliphatic rings. The molecule has 10 heteroatoms. The van der Waals surface area contributed by atoms with Gasteiger partial charge in [-0.2, -0.15) is 5.10 Å². The SMILES string of the molecule is CC(=O)N1CC(c2cnc3c(c2)c(C(N)=O)nn3-c2cccc(C#CCCN(C)C(=O)CO)c2)C1. The van der Waals surface area contributed by atoms with Crippen molar-refractivity contribution in [2.75, 3.05) is 33.3 Å². The van der Waals surface area contributed by atoms with Gasteiger partial charge >= 0.3 is 0 Å². The number of nitrogens with two attached hydrogens (primary N) is 1. The smallest absolute Gasteiger partial charge is 0.269 e. The minimum atomic E-state index is -0.649. The number of carbonyl (C=O) groups is 3. The first kappa shape index (κ1) is 23.9. The molecule has 0 unspecified atom stereocenters. The zero-order valence-electron chi connectivity index (χ0n) is 19.6. The molecule has 3 amide bonds. The quantitative estimate of drug-likeness (QED) is 0.504. The van der Waals surface area contributed by atoms with Crippen molar-refractivity contribution in [1.29, 1.82) is 0 Å². The minimum Gasteiger partial charge on any atom is -0.387 e. The number of rotatable bonds is 6. The highest BCUT2D eigenvalue weighted by Gasteiger charge is 2.31. The van der Waals surface area contributed by atoms with Crippen LogP contribution < -0.4 is 5.73 Å².